The number of carbonyl (C=O) groups is 1. The molecule has 1 aliphatic heterocycles. The standard InChI is InChI=1S/C14H27N3O/c1-6-11-15-14(7-8-14)12(18)17(11)10-13(2,3)9-16(4)5/h11,15H,6-10H2,1-5H3. The van der Waals surface area contributed by atoms with Gasteiger partial charge in [0.05, 0.1) is 11.7 Å². The van der Waals surface area contributed by atoms with E-state index in [1.165, 1.54) is 0 Å². The zero-order chi connectivity index (χ0) is 13.6. The first kappa shape index (κ1) is 13.8. The van der Waals surface area contributed by atoms with Crippen molar-refractivity contribution in [2.75, 3.05) is 27.2 Å². The van der Waals surface area contributed by atoms with Gasteiger partial charge in [-0.05, 0) is 38.8 Å². The molecule has 1 saturated heterocycles. The van der Waals surface area contributed by atoms with Gasteiger partial charge < -0.3 is 9.80 Å². The van der Waals surface area contributed by atoms with Crippen LogP contribution in [0.1, 0.15) is 40.0 Å². The summed E-state index contributed by atoms with van der Waals surface area (Å²) in [4.78, 5) is 16.7. The van der Waals surface area contributed by atoms with Crippen molar-refractivity contribution >= 4 is 5.91 Å². The molecule has 1 aliphatic carbocycles. The van der Waals surface area contributed by atoms with Crippen LogP contribution in [0.3, 0.4) is 0 Å². The van der Waals surface area contributed by atoms with Gasteiger partial charge in [0.25, 0.3) is 0 Å². The minimum Gasteiger partial charge on any atom is -0.325 e. The molecular weight excluding hydrogens is 226 g/mol. The molecular formula is C14H27N3O. The molecule has 4 nitrogen and oxygen atoms in total. The Labute approximate surface area is 111 Å². The first-order chi connectivity index (χ1) is 8.30. The molecule has 2 rings (SSSR count). The van der Waals surface area contributed by atoms with E-state index in [1.807, 2.05) is 0 Å². The first-order valence-corrected chi connectivity index (χ1v) is 7.03. The van der Waals surface area contributed by atoms with Crippen molar-refractivity contribution in [1.29, 1.82) is 0 Å². The van der Waals surface area contributed by atoms with Crippen LogP contribution >= 0.6 is 0 Å². The normalized spacial score (nSPS) is 26.4. The number of carbonyl (C=O) groups excluding carboxylic acids is 1. The Morgan fingerprint density at radius 3 is 2.50 bits per heavy atom. The highest BCUT2D eigenvalue weighted by Gasteiger charge is 2.59. The summed E-state index contributed by atoms with van der Waals surface area (Å²) in [6.07, 6.45) is 3.27. The molecule has 0 aromatic heterocycles. The number of rotatable bonds is 5. The number of nitrogens with zero attached hydrogens (tertiary/aromatic N) is 2. The van der Waals surface area contributed by atoms with Crippen molar-refractivity contribution < 1.29 is 4.79 Å². The second kappa shape index (κ2) is 4.49. The lowest BCUT2D eigenvalue weighted by Crippen LogP contribution is -2.45. The maximum Gasteiger partial charge on any atom is 0.244 e. The Hall–Kier alpha value is -0.610. The summed E-state index contributed by atoms with van der Waals surface area (Å²) in [6.45, 7) is 8.48. The Morgan fingerprint density at radius 2 is 2.06 bits per heavy atom. The Kier molecular flexibility index (Phi) is 3.45. The molecule has 1 heterocycles. The fourth-order valence-corrected chi connectivity index (χ4v) is 3.23. The number of amides is 1. The molecule has 2 fully saturated rings. The molecule has 0 aromatic carbocycles. The van der Waals surface area contributed by atoms with Crippen LogP contribution in [0.2, 0.25) is 0 Å². The summed E-state index contributed by atoms with van der Waals surface area (Å²) in [5.74, 6) is 0.334. The van der Waals surface area contributed by atoms with E-state index >= 15 is 0 Å². The van der Waals surface area contributed by atoms with Crippen LogP contribution in [-0.2, 0) is 4.79 Å². The van der Waals surface area contributed by atoms with Crippen molar-refractivity contribution in [3.63, 3.8) is 0 Å². The Morgan fingerprint density at radius 1 is 1.44 bits per heavy atom. The number of nitrogens with one attached hydrogen (secondary N) is 1. The molecule has 1 amide bonds. The molecule has 104 valence electrons. The van der Waals surface area contributed by atoms with Gasteiger partial charge in [0.15, 0.2) is 0 Å². The summed E-state index contributed by atoms with van der Waals surface area (Å²) in [5, 5.41) is 3.53. The summed E-state index contributed by atoms with van der Waals surface area (Å²) in [5.41, 5.74) is -0.0381. The predicted molar refractivity (Wildman–Crippen MR) is 73.2 cm³/mol. The predicted octanol–water partition coefficient (Wildman–Crippen LogP) is 1.27. The van der Waals surface area contributed by atoms with Crippen molar-refractivity contribution in [3.05, 3.63) is 0 Å². The smallest absolute Gasteiger partial charge is 0.244 e. The minimum absolute atomic E-state index is 0.134. The van der Waals surface area contributed by atoms with E-state index in [2.05, 4.69) is 50.0 Å². The quantitative estimate of drug-likeness (QED) is 0.801. The molecule has 0 aromatic rings. The van der Waals surface area contributed by atoms with E-state index < -0.39 is 0 Å². The second-order valence-corrected chi connectivity index (χ2v) is 6.99. The molecule has 1 spiro atoms. The van der Waals surface area contributed by atoms with Crippen LogP contribution in [0.15, 0.2) is 0 Å². The third-order valence-corrected chi connectivity index (χ3v) is 3.97. The zero-order valence-electron chi connectivity index (χ0n) is 12.4. The minimum atomic E-state index is -0.172. The lowest BCUT2D eigenvalue weighted by molar-refractivity contribution is -0.132. The van der Waals surface area contributed by atoms with Crippen molar-refractivity contribution in [1.82, 2.24) is 15.1 Å². The third kappa shape index (κ3) is 2.54. The third-order valence-electron chi connectivity index (χ3n) is 3.97. The van der Waals surface area contributed by atoms with Crippen LogP contribution in [0.25, 0.3) is 0 Å². The van der Waals surface area contributed by atoms with Crippen LogP contribution in [0, 0.1) is 5.41 Å². The average molecular weight is 253 g/mol. The molecule has 1 unspecified atom stereocenters. The summed E-state index contributed by atoms with van der Waals surface area (Å²) in [6, 6.07) is 0. The highest BCUT2D eigenvalue weighted by Crippen LogP contribution is 2.43. The average Bonchev–Trinajstić information content (AvgIpc) is 2.96. The van der Waals surface area contributed by atoms with Crippen molar-refractivity contribution in [2.45, 2.75) is 51.7 Å². The van der Waals surface area contributed by atoms with Crippen LogP contribution in [-0.4, -0.2) is 54.6 Å². The maximum atomic E-state index is 12.5. The topological polar surface area (TPSA) is 35.6 Å². The van der Waals surface area contributed by atoms with E-state index in [1.54, 1.807) is 0 Å². The maximum absolute atomic E-state index is 12.5. The van der Waals surface area contributed by atoms with Gasteiger partial charge in [0, 0.05) is 13.1 Å². The Bertz CT molecular complexity index is 334. The summed E-state index contributed by atoms with van der Waals surface area (Å²) in [7, 11) is 4.18. The van der Waals surface area contributed by atoms with Gasteiger partial charge in [-0.15, -0.1) is 0 Å². The van der Waals surface area contributed by atoms with Gasteiger partial charge in [0.2, 0.25) is 5.91 Å². The monoisotopic (exact) mass is 253 g/mol. The molecule has 4 heteroatoms. The molecule has 0 bridgehead atoms. The lowest BCUT2D eigenvalue weighted by Gasteiger charge is -2.35. The molecule has 1 atom stereocenters. The van der Waals surface area contributed by atoms with E-state index in [-0.39, 0.29) is 17.1 Å². The summed E-state index contributed by atoms with van der Waals surface area (Å²) < 4.78 is 0. The van der Waals surface area contributed by atoms with Gasteiger partial charge in [0.1, 0.15) is 0 Å². The highest BCUT2D eigenvalue weighted by molar-refractivity contribution is 5.91. The van der Waals surface area contributed by atoms with Crippen LogP contribution in [0.5, 0.6) is 0 Å². The van der Waals surface area contributed by atoms with E-state index in [9.17, 15) is 4.79 Å². The first-order valence-electron chi connectivity index (χ1n) is 7.03. The molecule has 0 radical (unpaired) electrons. The SMILES string of the molecule is CCC1NC2(CC2)C(=O)N1CC(C)(C)CN(C)C. The van der Waals surface area contributed by atoms with Crippen LogP contribution in [0.4, 0.5) is 0 Å². The highest BCUT2D eigenvalue weighted by atomic mass is 16.2. The number of hydrogen-bond donors (Lipinski definition) is 1. The van der Waals surface area contributed by atoms with Gasteiger partial charge in [-0.2, -0.15) is 0 Å². The largest absolute Gasteiger partial charge is 0.325 e. The zero-order valence-corrected chi connectivity index (χ0v) is 12.4. The molecule has 1 N–H and O–H groups in total. The van der Waals surface area contributed by atoms with Gasteiger partial charge in [-0.3, -0.25) is 10.1 Å². The van der Waals surface area contributed by atoms with Crippen molar-refractivity contribution in [3.8, 4) is 0 Å². The molecule has 2 aliphatic rings. The van der Waals surface area contributed by atoms with E-state index in [0.29, 0.717) is 5.91 Å². The molecule has 1 saturated carbocycles. The van der Waals surface area contributed by atoms with Crippen LogP contribution < -0.4 is 5.32 Å². The number of hydrogen-bond acceptors (Lipinski definition) is 3. The van der Waals surface area contributed by atoms with Crippen molar-refractivity contribution in [2.24, 2.45) is 5.41 Å². The van der Waals surface area contributed by atoms with Gasteiger partial charge in [-0.25, -0.2) is 0 Å². The van der Waals surface area contributed by atoms with E-state index in [4.69, 9.17) is 0 Å². The van der Waals surface area contributed by atoms with Gasteiger partial charge >= 0.3 is 0 Å². The molecule has 18 heavy (non-hydrogen) atoms. The fourth-order valence-electron chi connectivity index (χ4n) is 3.23. The Balaban J connectivity index is 2.05. The fraction of sp³-hybridized carbons (Fsp3) is 0.929. The summed E-state index contributed by atoms with van der Waals surface area (Å²) >= 11 is 0. The lowest BCUT2D eigenvalue weighted by atomic mass is 9.92. The van der Waals surface area contributed by atoms with Gasteiger partial charge in [-0.1, -0.05) is 20.8 Å². The van der Waals surface area contributed by atoms with E-state index in [0.717, 1.165) is 32.4 Å². The second-order valence-electron chi connectivity index (χ2n) is 6.99.